The monoisotopic (exact) mass is 364 g/mol. The van der Waals surface area contributed by atoms with E-state index in [0.717, 1.165) is 10.0 Å². The molecule has 1 fully saturated rings. The highest BCUT2D eigenvalue weighted by Gasteiger charge is 2.32. The van der Waals surface area contributed by atoms with Gasteiger partial charge in [-0.1, -0.05) is 22.0 Å². The van der Waals surface area contributed by atoms with Crippen LogP contribution in [0.2, 0.25) is 0 Å². The van der Waals surface area contributed by atoms with Gasteiger partial charge < -0.3 is 4.90 Å². The third kappa shape index (κ3) is 4.44. The van der Waals surface area contributed by atoms with Gasteiger partial charge >= 0.3 is 6.18 Å². The van der Waals surface area contributed by atoms with Crippen molar-refractivity contribution in [2.24, 2.45) is 0 Å². The van der Waals surface area contributed by atoms with Crippen LogP contribution < -0.4 is 0 Å². The number of benzene rings is 1. The summed E-state index contributed by atoms with van der Waals surface area (Å²) < 4.78 is 37.8. The average Bonchev–Trinajstić information content (AvgIpc) is 2.40. The molecular formula is C14H16BrF3N2O. The summed E-state index contributed by atoms with van der Waals surface area (Å²) in [6.45, 7) is 2.15. The molecule has 1 aliphatic rings. The lowest BCUT2D eigenvalue weighted by molar-refractivity contribution is -0.148. The normalized spacial score (nSPS) is 17.1. The third-order valence-electron chi connectivity index (χ3n) is 3.48. The van der Waals surface area contributed by atoms with E-state index in [1.54, 1.807) is 17.0 Å². The van der Waals surface area contributed by atoms with Crippen LogP contribution in [0.5, 0.6) is 0 Å². The Morgan fingerprint density at radius 1 is 1.24 bits per heavy atom. The lowest BCUT2D eigenvalue weighted by Crippen LogP contribution is -2.50. The first-order valence-electron chi connectivity index (χ1n) is 6.61. The standard InChI is InChI=1S/C14H16BrF3N2O/c1-10-2-3-11(8-12(10)15)13(21)20-6-4-19(5-7-20)9-14(16,17)18/h2-3,8H,4-7,9H2,1H3. The molecule has 0 aliphatic carbocycles. The van der Waals surface area contributed by atoms with Crippen LogP contribution in [-0.2, 0) is 0 Å². The van der Waals surface area contributed by atoms with Crippen molar-refractivity contribution in [1.29, 1.82) is 0 Å². The fourth-order valence-electron chi connectivity index (χ4n) is 2.27. The number of nitrogens with zero attached hydrogens (tertiary/aromatic N) is 2. The molecule has 2 rings (SSSR count). The number of alkyl halides is 3. The summed E-state index contributed by atoms with van der Waals surface area (Å²) in [4.78, 5) is 15.2. The van der Waals surface area contributed by atoms with Crippen LogP contribution in [0.3, 0.4) is 0 Å². The maximum absolute atomic E-state index is 12.3. The fraction of sp³-hybridized carbons (Fsp3) is 0.500. The molecule has 0 unspecified atom stereocenters. The Kier molecular flexibility index (Phi) is 4.93. The highest BCUT2D eigenvalue weighted by Crippen LogP contribution is 2.20. The van der Waals surface area contributed by atoms with Crippen LogP contribution in [0, 0.1) is 6.92 Å². The molecule has 7 heteroatoms. The van der Waals surface area contributed by atoms with Crippen LogP contribution in [0.4, 0.5) is 13.2 Å². The van der Waals surface area contributed by atoms with Crippen molar-refractivity contribution < 1.29 is 18.0 Å². The van der Waals surface area contributed by atoms with Crippen molar-refractivity contribution in [2.75, 3.05) is 32.7 Å². The lowest BCUT2D eigenvalue weighted by atomic mass is 10.1. The first-order valence-corrected chi connectivity index (χ1v) is 7.40. The predicted octanol–water partition coefficient (Wildman–Crippen LogP) is 3.08. The first kappa shape index (κ1) is 16.3. The summed E-state index contributed by atoms with van der Waals surface area (Å²) in [6, 6.07) is 5.33. The maximum atomic E-state index is 12.3. The number of piperazine rings is 1. The molecule has 0 spiro atoms. The Morgan fingerprint density at radius 3 is 2.38 bits per heavy atom. The van der Waals surface area contributed by atoms with E-state index in [0.29, 0.717) is 18.7 Å². The quantitative estimate of drug-likeness (QED) is 0.804. The van der Waals surface area contributed by atoms with Gasteiger partial charge in [-0.25, -0.2) is 0 Å². The molecule has 0 N–H and O–H groups in total. The Bertz CT molecular complexity index is 525. The first-order chi connectivity index (χ1) is 9.76. The van der Waals surface area contributed by atoms with Gasteiger partial charge in [-0.05, 0) is 24.6 Å². The molecule has 1 aliphatic heterocycles. The summed E-state index contributed by atoms with van der Waals surface area (Å²) in [5.74, 6) is -0.137. The largest absolute Gasteiger partial charge is 0.401 e. The highest BCUT2D eigenvalue weighted by molar-refractivity contribution is 9.10. The minimum absolute atomic E-state index is 0.137. The zero-order valence-corrected chi connectivity index (χ0v) is 13.2. The number of carbonyl (C=O) groups is 1. The van der Waals surface area contributed by atoms with E-state index < -0.39 is 12.7 Å². The summed E-state index contributed by atoms with van der Waals surface area (Å²) in [5.41, 5.74) is 1.58. The number of halogens is 4. The number of hydrogen-bond acceptors (Lipinski definition) is 2. The number of hydrogen-bond donors (Lipinski definition) is 0. The van der Waals surface area contributed by atoms with Crippen molar-refractivity contribution in [3.05, 3.63) is 33.8 Å². The Labute approximate surface area is 129 Å². The van der Waals surface area contributed by atoms with E-state index in [1.807, 2.05) is 13.0 Å². The van der Waals surface area contributed by atoms with Crippen molar-refractivity contribution >= 4 is 21.8 Å². The molecule has 21 heavy (non-hydrogen) atoms. The summed E-state index contributed by atoms with van der Waals surface area (Å²) in [7, 11) is 0. The maximum Gasteiger partial charge on any atom is 0.401 e. The second-order valence-electron chi connectivity index (χ2n) is 5.15. The van der Waals surface area contributed by atoms with Gasteiger partial charge in [0, 0.05) is 36.2 Å². The molecule has 3 nitrogen and oxygen atoms in total. The minimum Gasteiger partial charge on any atom is -0.336 e. The Balaban J connectivity index is 1.95. The van der Waals surface area contributed by atoms with Crippen LogP contribution in [0.15, 0.2) is 22.7 Å². The Morgan fingerprint density at radius 2 is 1.86 bits per heavy atom. The van der Waals surface area contributed by atoms with E-state index in [4.69, 9.17) is 0 Å². The number of rotatable bonds is 2. The second-order valence-corrected chi connectivity index (χ2v) is 6.00. The van der Waals surface area contributed by atoms with Crippen LogP contribution in [0.25, 0.3) is 0 Å². The smallest absolute Gasteiger partial charge is 0.336 e. The van der Waals surface area contributed by atoms with Gasteiger partial charge in [0.05, 0.1) is 6.54 Å². The van der Waals surface area contributed by atoms with Gasteiger partial charge in [0.25, 0.3) is 5.91 Å². The molecule has 0 atom stereocenters. The molecule has 0 saturated carbocycles. The average molecular weight is 365 g/mol. The van der Waals surface area contributed by atoms with Gasteiger partial charge in [-0.2, -0.15) is 13.2 Å². The molecule has 116 valence electrons. The van der Waals surface area contributed by atoms with Crippen LogP contribution in [0.1, 0.15) is 15.9 Å². The number of aryl methyl sites for hydroxylation is 1. The van der Waals surface area contributed by atoms with Crippen molar-refractivity contribution in [2.45, 2.75) is 13.1 Å². The van der Waals surface area contributed by atoms with Gasteiger partial charge in [0.15, 0.2) is 0 Å². The topological polar surface area (TPSA) is 23.6 Å². The van der Waals surface area contributed by atoms with Gasteiger partial charge in [0.2, 0.25) is 0 Å². The molecule has 1 amide bonds. The third-order valence-corrected chi connectivity index (χ3v) is 4.34. The molecule has 1 heterocycles. The molecule has 0 bridgehead atoms. The molecule has 1 saturated heterocycles. The summed E-state index contributed by atoms with van der Waals surface area (Å²) >= 11 is 3.38. The fourth-order valence-corrected chi connectivity index (χ4v) is 2.65. The molecule has 0 radical (unpaired) electrons. The minimum atomic E-state index is -4.19. The van der Waals surface area contributed by atoms with Crippen molar-refractivity contribution in [3.8, 4) is 0 Å². The van der Waals surface area contributed by atoms with E-state index in [2.05, 4.69) is 15.9 Å². The van der Waals surface area contributed by atoms with Gasteiger partial charge in [-0.15, -0.1) is 0 Å². The highest BCUT2D eigenvalue weighted by atomic mass is 79.9. The number of carbonyl (C=O) groups excluding carboxylic acids is 1. The predicted molar refractivity (Wildman–Crippen MR) is 77.3 cm³/mol. The molecule has 1 aromatic carbocycles. The second kappa shape index (κ2) is 6.36. The van der Waals surface area contributed by atoms with E-state index in [1.165, 1.54) is 4.90 Å². The molecule has 0 aromatic heterocycles. The van der Waals surface area contributed by atoms with E-state index >= 15 is 0 Å². The summed E-state index contributed by atoms with van der Waals surface area (Å²) in [5, 5.41) is 0. The number of amides is 1. The Hall–Kier alpha value is -1.08. The zero-order valence-electron chi connectivity index (χ0n) is 11.6. The van der Waals surface area contributed by atoms with E-state index in [9.17, 15) is 18.0 Å². The lowest BCUT2D eigenvalue weighted by Gasteiger charge is -2.35. The van der Waals surface area contributed by atoms with Gasteiger partial charge in [-0.3, -0.25) is 9.69 Å². The van der Waals surface area contributed by atoms with Crippen LogP contribution >= 0.6 is 15.9 Å². The van der Waals surface area contributed by atoms with Crippen LogP contribution in [-0.4, -0.2) is 54.6 Å². The summed E-state index contributed by atoms with van der Waals surface area (Å²) in [6.07, 6.45) is -4.19. The van der Waals surface area contributed by atoms with Crippen molar-refractivity contribution in [3.63, 3.8) is 0 Å². The SMILES string of the molecule is Cc1ccc(C(=O)N2CCN(CC(F)(F)F)CC2)cc1Br. The molecule has 1 aromatic rings. The molecular weight excluding hydrogens is 349 g/mol. The zero-order chi connectivity index (χ0) is 15.6. The van der Waals surface area contributed by atoms with E-state index in [-0.39, 0.29) is 19.0 Å². The van der Waals surface area contributed by atoms with Crippen molar-refractivity contribution in [1.82, 2.24) is 9.80 Å². The van der Waals surface area contributed by atoms with Gasteiger partial charge in [0.1, 0.15) is 0 Å².